The fourth-order valence-corrected chi connectivity index (χ4v) is 1.90. The zero-order valence-electron chi connectivity index (χ0n) is 10.5. The third kappa shape index (κ3) is 2.68. The molecule has 4 nitrogen and oxygen atoms in total. The highest BCUT2D eigenvalue weighted by Gasteiger charge is 2.20. The third-order valence-corrected chi connectivity index (χ3v) is 3.07. The second-order valence-corrected chi connectivity index (χ2v) is 4.45. The van der Waals surface area contributed by atoms with Gasteiger partial charge in [0, 0.05) is 17.7 Å². The second-order valence-electron chi connectivity index (χ2n) is 4.45. The fraction of sp³-hybridized carbons (Fsp3) is 0.133. The highest BCUT2D eigenvalue weighted by molar-refractivity contribution is 6.03. The number of nitrogens with two attached hydrogens (primary N) is 1. The van der Waals surface area contributed by atoms with Crippen molar-refractivity contribution >= 4 is 11.5 Å². The van der Waals surface area contributed by atoms with Crippen molar-refractivity contribution in [2.75, 3.05) is 5.73 Å². The molecule has 2 aromatic carbocycles. The van der Waals surface area contributed by atoms with Crippen LogP contribution < -0.4 is 5.73 Å². The summed E-state index contributed by atoms with van der Waals surface area (Å²) in [6, 6.07) is 10.9. The first-order chi connectivity index (χ1) is 8.99. The van der Waals surface area contributed by atoms with Crippen LogP contribution in [0.2, 0.25) is 0 Å². The summed E-state index contributed by atoms with van der Waals surface area (Å²) in [4.78, 5) is 12.3. The maximum Gasteiger partial charge on any atom is 0.173 e. The standard InChI is InChI=1S/C15H15NO3/c1-9(10-2-5-12(17)6-3-10)15(19)13-7-4-11(16)8-14(13)18/h2-9,17-18H,16H2,1H3. The van der Waals surface area contributed by atoms with Gasteiger partial charge in [-0.05, 0) is 29.8 Å². The lowest BCUT2D eigenvalue weighted by Crippen LogP contribution is -2.10. The summed E-state index contributed by atoms with van der Waals surface area (Å²) in [5.41, 5.74) is 6.96. The lowest BCUT2D eigenvalue weighted by Gasteiger charge is -2.12. The Balaban J connectivity index is 2.30. The number of ketones is 1. The molecule has 0 saturated heterocycles. The van der Waals surface area contributed by atoms with Crippen LogP contribution in [0, 0.1) is 0 Å². The molecule has 0 heterocycles. The van der Waals surface area contributed by atoms with E-state index >= 15 is 0 Å². The smallest absolute Gasteiger partial charge is 0.173 e. The van der Waals surface area contributed by atoms with E-state index in [0.717, 1.165) is 5.56 Å². The molecule has 98 valence electrons. The Hall–Kier alpha value is -2.49. The monoisotopic (exact) mass is 257 g/mol. The van der Waals surface area contributed by atoms with Crippen molar-refractivity contribution in [3.63, 3.8) is 0 Å². The molecular weight excluding hydrogens is 242 g/mol. The number of phenolic OH excluding ortho intramolecular Hbond substituents is 2. The van der Waals surface area contributed by atoms with E-state index in [2.05, 4.69) is 0 Å². The molecule has 0 amide bonds. The van der Waals surface area contributed by atoms with E-state index in [1.54, 1.807) is 25.1 Å². The summed E-state index contributed by atoms with van der Waals surface area (Å²) in [6.45, 7) is 1.75. The van der Waals surface area contributed by atoms with Crippen molar-refractivity contribution in [1.82, 2.24) is 0 Å². The van der Waals surface area contributed by atoms with E-state index in [1.165, 1.54) is 24.3 Å². The number of Topliss-reactive ketones (excluding diaryl/α,β-unsaturated/α-hetero) is 1. The topological polar surface area (TPSA) is 83.6 Å². The highest BCUT2D eigenvalue weighted by atomic mass is 16.3. The largest absolute Gasteiger partial charge is 0.508 e. The van der Waals surface area contributed by atoms with Crippen molar-refractivity contribution in [3.8, 4) is 11.5 Å². The van der Waals surface area contributed by atoms with Crippen molar-refractivity contribution < 1.29 is 15.0 Å². The van der Waals surface area contributed by atoms with Crippen LogP contribution in [-0.4, -0.2) is 16.0 Å². The highest BCUT2D eigenvalue weighted by Crippen LogP contribution is 2.28. The number of carbonyl (C=O) groups excluding carboxylic acids is 1. The minimum Gasteiger partial charge on any atom is -0.508 e. The van der Waals surface area contributed by atoms with Crippen molar-refractivity contribution in [2.24, 2.45) is 0 Å². The van der Waals surface area contributed by atoms with Gasteiger partial charge in [0.15, 0.2) is 5.78 Å². The molecule has 0 aliphatic rings. The lowest BCUT2D eigenvalue weighted by molar-refractivity contribution is 0.0963. The minimum atomic E-state index is -0.407. The molecule has 1 unspecified atom stereocenters. The van der Waals surface area contributed by atoms with Crippen LogP contribution in [0.25, 0.3) is 0 Å². The zero-order chi connectivity index (χ0) is 14.0. The number of hydrogen-bond acceptors (Lipinski definition) is 4. The number of carbonyl (C=O) groups is 1. The molecular formula is C15H15NO3. The van der Waals surface area contributed by atoms with Crippen molar-refractivity contribution in [3.05, 3.63) is 53.6 Å². The van der Waals surface area contributed by atoms with Gasteiger partial charge in [0.25, 0.3) is 0 Å². The summed E-state index contributed by atoms with van der Waals surface area (Å²) in [5, 5.41) is 19.0. The van der Waals surface area contributed by atoms with E-state index in [-0.39, 0.29) is 22.8 Å². The summed E-state index contributed by atoms with van der Waals surface area (Å²) in [7, 11) is 0. The molecule has 0 spiro atoms. The van der Waals surface area contributed by atoms with E-state index in [0.29, 0.717) is 5.69 Å². The van der Waals surface area contributed by atoms with Crippen LogP contribution in [0.3, 0.4) is 0 Å². The van der Waals surface area contributed by atoms with Gasteiger partial charge in [-0.2, -0.15) is 0 Å². The predicted molar refractivity (Wildman–Crippen MR) is 73.4 cm³/mol. The summed E-state index contributed by atoms with van der Waals surface area (Å²) < 4.78 is 0. The minimum absolute atomic E-state index is 0.115. The average molecular weight is 257 g/mol. The number of aromatic hydroxyl groups is 2. The van der Waals surface area contributed by atoms with E-state index in [4.69, 9.17) is 5.73 Å². The number of anilines is 1. The zero-order valence-corrected chi connectivity index (χ0v) is 10.5. The predicted octanol–water partition coefficient (Wildman–Crippen LogP) is 2.67. The molecule has 0 radical (unpaired) electrons. The van der Waals surface area contributed by atoms with Gasteiger partial charge in [-0.25, -0.2) is 0 Å². The third-order valence-electron chi connectivity index (χ3n) is 3.07. The van der Waals surface area contributed by atoms with Crippen LogP contribution in [0.1, 0.15) is 28.8 Å². The van der Waals surface area contributed by atoms with Gasteiger partial charge in [-0.15, -0.1) is 0 Å². The molecule has 4 heteroatoms. The molecule has 19 heavy (non-hydrogen) atoms. The number of hydrogen-bond donors (Lipinski definition) is 3. The van der Waals surface area contributed by atoms with E-state index in [9.17, 15) is 15.0 Å². The SMILES string of the molecule is CC(C(=O)c1ccc(N)cc1O)c1ccc(O)cc1. The normalized spacial score (nSPS) is 12.1. The first kappa shape index (κ1) is 13.0. The number of rotatable bonds is 3. The molecule has 0 aliphatic heterocycles. The van der Waals surface area contributed by atoms with Crippen LogP contribution >= 0.6 is 0 Å². The summed E-state index contributed by atoms with van der Waals surface area (Å²) in [5.74, 6) is -0.562. The molecule has 2 aromatic rings. The number of nitrogen functional groups attached to an aromatic ring is 1. The molecule has 0 aliphatic carbocycles. The first-order valence-corrected chi connectivity index (χ1v) is 5.90. The van der Waals surface area contributed by atoms with E-state index in [1.807, 2.05) is 0 Å². The second kappa shape index (κ2) is 5.02. The van der Waals surface area contributed by atoms with Crippen LogP contribution in [0.4, 0.5) is 5.69 Å². The van der Waals surface area contributed by atoms with E-state index < -0.39 is 5.92 Å². The van der Waals surface area contributed by atoms with Gasteiger partial charge in [0.2, 0.25) is 0 Å². The fourth-order valence-electron chi connectivity index (χ4n) is 1.90. The van der Waals surface area contributed by atoms with Gasteiger partial charge in [0.1, 0.15) is 11.5 Å². The Kier molecular flexibility index (Phi) is 3.42. The van der Waals surface area contributed by atoms with Gasteiger partial charge in [-0.3, -0.25) is 4.79 Å². The first-order valence-electron chi connectivity index (χ1n) is 5.90. The Morgan fingerprint density at radius 2 is 1.74 bits per heavy atom. The van der Waals surface area contributed by atoms with Crippen LogP contribution in [0.15, 0.2) is 42.5 Å². The Bertz CT molecular complexity index is 605. The molecule has 4 N–H and O–H groups in total. The number of benzene rings is 2. The van der Waals surface area contributed by atoms with Crippen molar-refractivity contribution in [1.29, 1.82) is 0 Å². The molecule has 0 saturated carbocycles. The Morgan fingerprint density at radius 3 is 2.32 bits per heavy atom. The van der Waals surface area contributed by atoms with Crippen LogP contribution in [-0.2, 0) is 0 Å². The Morgan fingerprint density at radius 1 is 1.11 bits per heavy atom. The lowest BCUT2D eigenvalue weighted by atomic mass is 9.92. The maximum atomic E-state index is 12.3. The Labute approximate surface area is 111 Å². The van der Waals surface area contributed by atoms with Gasteiger partial charge in [-0.1, -0.05) is 19.1 Å². The quantitative estimate of drug-likeness (QED) is 0.583. The molecule has 0 fully saturated rings. The molecule has 0 aromatic heterocycles. The van der Waals surface area contributed by atoms with Gasteiger partial charge >= 0.3 is 0 Å². The molecule has 1 atom stereocenters. The van der Waals surface area contributed by atoms with Crippen LogP contribution in [0.5, 0.6) is 11.5 Å². The average Bonchev–Trinajstić information content (AvgIpc) is 2.38. The van der Waals surface area contributed by atoms with Gasteiger partial charge in [0.05, 0.1) is 5.56 Å². The van der Waals surface area contributed by atoms with Crippen molar-refractivity contribution in [2.45, 2.75) is 12.8 Å². The molecule has 2 rings (SSSR count). The van der Waals surface area contributed by atoms with Gasteiger partial charge < -0.3 is 15.9 Å². The number of phenols is 2. The summed E-state index contributed by atoms with van der Waals surface area (Å²) in [6.07, 6.45) is 0. The summed E-state index contributed by atoms with van der Waals surface area (Å²) >= 11 is 0. The maximum absolute atomic E-state index is 12.3. The molecule has 0 bridgehead atoms.